The average molecular weight is 297 g/mol. The van der Waals surface area contributed by atoms with Crippen LogP contribution in [0.25, 0.3) is 0 Å². The van der Waals surface area contributed by atoms with E-state index in [0.29, 0.717) is 23.2 Å². The van der Waals surface area contributed by atoms with Crippen molar-refractivity contribution in [2.45, 2.75) is 32.6 Å². The van der Waals surface area contributed by atoms with E-state index in [1.807, 2.05) is 6.07 Å². The van der Waals surface area contributed by atoms with Crippen molar-refractivity contribution < 1.29 is 9.53 Å². The number of aryl methyl sites for hydroxylation is 1. The molecular formula is C15H21ClN2O2. The van der Waals surface area contributed by atoms with Crippen LogP contribution in [0.2, 0.25) is 5.15 Å². The van der Waals surface area contributed by atoms with Crippen LogP contribution in [-0.2, 0) is 11.2 Å². The van der Waals surface area contributed by atoms with Crippen molar-refractivity contribution in [3.63, 3.8) is 0 Å². The van der Waals surface area contributed by atoms with Crippen LogP contribution in [0.1, 0.15) is 42.2 Å². The van der Waals surface area contributed by atoms with Crippen LogP contribution in [0.3, 0.4) is 0 Å². The number of carbonyl (C=O) groups excluding carboxylic acids is 1. The number of nitrogens with one attached hydrogen (secondary N) is 1. The highest BCUT2D eigenvalue weighted by molar-refractivity contribution is 6.29. The van der Waals surface area contributed by atoms with Gasteiger partial charge in [0.15, 0.2) is 0 Å². The van der Waals surface area contributed by atoms with Crippen molar-refractivity contribution >= 4 is 17.5 Å². The number of nitrogens with zero attached hydrogens (tertiary/aromatic N) is 1. The molecule has 2 heterocycles. The third kappa shape index (κ3) is 4.46. The lowest BCUT2D eigenvalue weighted by molar-refractivity contribution is 0.0642. The minimum Gasteiger partial charge on any atom is -0.381 e. The summed E-state index contributed by atoms with van der Waals surface area (Å²) in [6, 6.07) is 3.45. The summed E-state index contributed by atoms with van der Waals surface area (Å²) in [5, 5.41) is 3.37. The summed E-state index contributed by atoms with van der Waals surface area (Å²) in [6.07, 6.45) is 3.84. The second-order valence-electron chi connectivity index (χ2n) is 5.19. The van der Waals surface area contributed by atoms with Gasteiger partial charge >= 0.3 is 0 Å². The predicted molar refractivity (Wildman–Crippen MR) is 79.1 cm³/mol. The van der Waals surface area contributed by atoms with Crippen molar-refractivity contribution in [3.05, 3.63) is 28.5 Å². The predicted octanol–water partition coefficient (Wildman–Crippen LogP) is 2.84. The number of ether oxygens (including phenoxy) is 1. The van der Waals surface area contributed by atoms with Gasteiger partial charge in [0.1, 0.15) is 5.15 Å². The Balaban J connectivity index is 1.93. The molecule has 0 unspecified atom stereocenters. The number of hydrogen-bond donors (Lipinski definition) is 1. The number of rotatable bonds is 5. The molecule has 1 aromatic rings. The zero-order valence-electron chi connectivity index (χ0n) is 11.8. The molecular weight excluding hydrogens is 276 g/mol. The van der Waals surface area contributed by atoms with Gasteiger partial charge in [0.05, 0.1) is 0 Å². The van der Waals surface area contributed by atoms with E-state index < -0.39 is 0 Å². The molecule has 1 aliphatic rings. The fraction of sp³-hybridized carbons (Fsp3) is 0.600. The molecule has 1 fully saturated rings. The Morgan fingerprint density at radius 3 is 2.90 bits per heavy atom. The topological polar surface area (TPSA) is 51.2 Å². The molecule has 4 nitrogen and oxygen atoms in total. The molecule has 2 rings (SSSR count). The van der Waals surface area contributed by atoms with E-state index in [1.54, 1.807) is 6.07 Å². The molecule has 20 heavy (non-hydrogen) atoms. The Kier molecular flexibility index (Phi) is 5.80. The summed E-state index contributed by atoms with van der Waals surface area (Å²) >= 11 is 5.97. The Morgan fingerprint density at radius 1 is 1.45 bits per heavy atom. The maximum Gasteiger partial charge on any atom is 0.251 e. The second-order valence-corrected chi connectivity index (χ2v) is 5.57. The third-order valence-corrected chi connectivity index (χ3v) is 3.70. The summed E-state index contributed by atoms with van der Waals surface area (Å²) in [5.41, 5.74) is 1.47. The van der Waals surface area contributed by atoms with E-state index in [4.69, 9.17) is 16.3 Å². The van der Waals surface area contributed by atoms with E-state index in [1.165, 1.54) is 0 Å². The first-order valence-electron chi connectivity index (χ1n) is 7.21. The van der Waals surface area contributed by atoms with Crippen LogP contribution in [0, 0.1) is 5.92 Å². The first kappa shape index (κ1) is 15.3. The van der Waals surface area contributed by atoms with E-state index in [-0.39, 0.29) is 5.91 Å². The quantitative estimate of drug-likeness (QED) is 0.850. The van der Waals surface area contributed by atoms with Crippen LogP contribution < -0.4 is 5.32 Å². The Labute approximate surface area is 124 Å². The molecule has 0 saturated carbocycles. The molecule has 1 aromatic heterocycles. The molecule has 0 bridgehead atoms. The molecule has 0 atom stereocenters. The molecule has 110 valence electrons. The number of amides is 1. The Morgan fingerprint density at radius 2 is 2.20 bits per heavy atom. The van der Waals surface area contributed by atoms with Gasteiger partial charge in [0.25, 0.3) is 5.91 Å². The molecule has 5 heteroatoms. The van der Waals surface area contributed by atoms with Crippen molar-refractivity contribution in [2.24, 2.45) is 5.92 Å². The number of pyridine rings is 1. The fourth-order valence-corrected chi connectivity index (χ4v) is 2.58. The highest BCUT2D eigenvalue weighted by Gasteiger charge is 2.16. The van der Waals surface area contributed by atoms with Gasteiger partial charge in [-0.3, -0.25) is 4.79 Å². The van der Waals surface area contributed by atoms with Gasteiger partial charge in [-0.15, -0.1) is 0 Å². The summed E-state index contributed by atoms with van der Waals surface area (Å²) in [4.78, 5) is 16.4. The first-order chi connectivity index (χ1) is 9.69. The van der Waals surface area contributed by atoms with E-state index >= 15 is 0 Å². The largest absolute Gasteiger partial charge is 0.381 e. The van der Waals surface area contributed by atoms with Crippen LogP contribution >= 0.6 is 11.6 Å². The molecule has 1 saturated heterocycles. The van der Waals surface area contributed by atoms with Gasteiger partial charge < -0.3 is 10.1 Å². The van der Waals surface area contributed by atoms with Crippen LogP contribution in [0.4, 0.5) is 0 Å². The van der Waals surface area contributed by atoms with Crippen molar-refractivity contribution in [3.8, 4) is 0 Å². The number of aromatic nitrogens is 1. The minimum atomic E-state index is -0.0712. The van der Waals surface area contributed by atoms with Crippen LogP contribution in [0.5, 0.6) is 0 Å². The van der Waals surface area contributed by atoms with Crippen LogP contribution in [-0.4, -0.2) is 30.6 Å². The molecule has 0 aromatic carbocycles. The van der Waals surface area contributed by atoms with E-state index in [0.717, 1.165) is 44.6 Å². The summed E-state index contributed by atoms with van der Waals surface area (Å²) in [6.45, 7) is 4.36. The van der Waals surface area contributed by atoms with Crippen molar-refractivity contribution in [1.82, 2.24) is 10.3 Å². The molecule has 0 radical (unpaired) electrons. The van der Waals surface area contributed by atoms with Gasteiger partial charge in [0, 0.05) is 31.0 Å². The molecule has 1 aliphatic heterocycles. The SMILES string of the molecule is CCCc1cc(C(=O)NCC2CCOCC2)cc(Cl)n1. The molecule has 1 N–H and O–H groups in total. The van der Waals surface area contributed by atoms with Gasteiger partial charge in [-0.1, -0.05) is 24.9 Å². The standard InChI is InChI=1S/C15H21ClN2O2/c1-2-3-13-8-12(9-14(16)18-13)15(19)17-10-11-4-6-20-7-5-11/h8-9,11H,2-7,10H2,1H3,(H,17,19). The zero-order valence-corrected chi connectivity index (χ0v) is 12.6. The van der Waals surface area contributed by atoms with Gasteiger partial charge in [-0.2, -0.15) is 0 Å². The number of carbonyl (C=O) groups is 1. The fourth-order valence-electron chi connectivity index (χ4n) is 2.36. The lowest BCUT2D eigenvalue weighted by atomic mass is 10.0. The second kappa shape index (κ2) is 7.60. The maximum atomic E-state index is 12.2. The Bertz CT molecular complexity index is 459. The summed E-state index contributed by atoms with van der Waals surface area (Å²) in [5.74, 6) is 0.443. The van der Waals surface area contributed by atoms with Crippen molar-refractivity contribution in [2.75, 3.05) is 19.8 Å². The molecule has 0 spiro atoms. The van der Waals surface area contributed by atoms with E-state index in [9.17, 15) is 4.79 Å². The maximum absolute atomic E-state index is 12.2. The number of hydrogen-bond acceptors (Lipinski definition) is 3. The summed E-state index contributed by atoms with van der Waals surface area (Å²) < 4.78 is 5.31. The lowest BCUT2D eigenvalue weighted by Gasteiger charge is -2.22. The normalized spacial score (nSPS) is 16.1. The smallest absolute Gasteiger partial charge is 0.251 e. The minimum absolute atomic E-state index is 0.0712. The van der Waals surface area contributed by atoms with Crippen LogP contribution in [0.15, 0.2) is 12.1 Å². The molecule has 1 amide bonds. The van der Waals surface area contributed by atoms with Gasteiger partial charge in [-0.25, -0.2) is 4.98 Å². The Hall–Kier alpha value is -1.13. The van der Waals surface area contributed by atoms with Crippen molar-refractivity contribution in [1.29, 1.82) is 0 Å². The highest BCUT2D eigenvalue weighted by Crippen LogP contribution is 2.15. The number of halogens is 1. The van der Waals surface area contributed by atoms with Gasteiger partial charge in [-0.05, 0) is 37.3 Å². The molecule has 0 aliphatic carbocycles. The zero-order chi connectivity index (χ0) is 14.4. The third-order valence-electron chi connectivity index (χ3n) is 3.51. The highest BCUT2D eigenvalue weighted by atomic mass is 35.5. The van der Waals surface area contributed by atoms with Gasteiger partial charge in [0.2, 0.25) is 0 Å². The monoisotopic (exact) mass is 296 g/mol. The lowest BCUT2D eigenvalue weighted by Crippen LogP contribution is -2.32. The summed E-state index contributed by atoms with van der Waals surface area (Å²) in [7, 11) is 0. The van der Waals surface area contributed by atoms with E-state index in [2.05, 4.69) is 17.2 Å². The average Bonchev–Trinajstić information content (AvgIpc) is 2.45. The first-order valence-corrected chi connectivity index (χ1v) is 7.59.